The number of nitrogens with one attached hydrogen (secondary N) is 2. The maximum atomic E-state index is 12.4. The average Bonchev–Trinajstić information content (AvgIpc) is 3.20. The molecule has 1 aromatic rings. The number of rotatable bonds is 6. The van der Waals surface area contributed by atoms with Gasteiger partial charge in [0.25, 0.3) is 5.91 Å². The Kier molecular flexibility index (Phi) is 6.20. The molecule has 26 heavy (non-hydrogen) atoms. The lowest BCUT2D eigenvalue weighted by molar-refractivity contribution is -0.140. The first-order valence-electron chi connectivity index (χ1n) is 9.40. The summed E-state index contributed by atoms with van der Waals surface area (Å²) in [5.74, 6) is -0.203. The van der Waals surface area contributed by atoms with Crippen LogP contribution in [0.5, 0.6) is 0 Å². The lowest BCUT2D eigenvalue weighted by Crippen LogP contribution is -2.49. The number of carbonyl (C=O) groups excluding carboxylic acids is 3. The van der Waals surface area contributed by atoms with Crippen molar-refractivity contribution in [3.05, 3.63) is 30.1 Å². The van der Waals surface area contributed by atoms with Crippen LogP contribution in [0.4, 0.5) is 0 Å². The molecule has 7 heteroatoms. The van der Waals surface area contributed by atoms with Gasteiger partial charge in [0, 0.05) is 44.5 Å². The van der Waals surface area contributed by atoms with Crippen LogP contribution in [0.2, 0.25) is 0 Å². The maximum Gasteiger partial charge on any atom is 0.252 e. The van der Waals surface area contributed by atoms with Gasteiger partial charge in [0.15, 0.2) is 0 Å². The Morgan fingerprint density at radius 3 is 2.65 bits per heavy atom. The number of piperidine rings is 1. The first-order chi connectivity index (χ1) is 12.6. The number of hydrogen-bond donors (Lipinski definition) is 2. The van der Waals surface area contributed by atoms with Gasteiger partial charge in [0.2, 0.25) is 11.8 Å². The second-order valence-electron chi connectivity index (χ2n) is 7.01. The number of aromatic nitrogens is 1. The number of pyridine rings is 1. The van der Waals surface area contributed by atoms with Gasteiger partial charge in [-0.3, -0.25) is 19.4 Å². The maximum absolute atomic E-state index is 12.4. The van der Waals surface area contributed by atoms with Crippen LogP contribution in [-0.4, -0.2) is 53.3 Å². The Bertz CT molecular complexity index is 643. The Morgan fingerprint density at radius 2 is 1.92 bits per heavy atom. The third-order valence-electron chi connectivity index (χ3n) is 5.21. The molecule has 1 aromatic heterocycles. The van der Waals surface area contributed by atoms with Crippen LogP contribution in [0.1, 0.15) is 48.9 Å². The van der Waals surface area contributed by atoms with Crippen LogP contribution >= 0.6 is 0 Å². The third kappa shape index (κ3) is 4.59. The molecule has 0 unspecified atom stereocenters. The summed E-state index contributed by atoms with van der Waals surface area (Å²) in [5.41, 5.74) is 0.497. The van der Waals surface area contributed by atoms with Crippen molar-refractivity contribution in [3.63, 3.8) is 0 Å². The highest BCUT2D eigenvalue weighted by atomic mass is 16.2. The second-order valence-corrected chi connectivity index (χ2v) is 7.01. The molecule has 0 spiro atoms. The van der Waals surface area contributed by atoms with E-state index in [9.17, 15) is 14.4 Å². The fraction of sp³-hybridized carbons (Fsp3) is 0.579. The highest BCUT2D eigenvalue weighted by Gasteiger charge is 2.34. The van der Waals surface area contributed by atoms with E-state index in [0.29, 0.717) is 44.1 Å². The number of nitrogens with zero attached hydrogens (tertiary/aromatic N) is 2. The molecule has 3 rings (SSSR count). The van der Waals surface area contributed by atoms with Gasteiger partial charge in [-0.1, -0.05) is 12.8 Å². The van der Waals surface area contributed by atoms with Crippen molar-refractivity contribution in [1.82, 2.24) is 20.5 Å². The standard InChI is InChI=1S/C19H26N4O3/c24-17-8-7-15(13-23(17)16-5-1-2-6-16)19(26)22-11-10-21-18(25)14-4-3-9-20-12-14/h3-4,9,12,15-16H,1-2,5-8,10-11,13H2,(H,21,25)(H,22,26)/t15-/m1/s1. The van der Waals surface area contributed by atoms with E-state index in [4.69, 9.17) is 0 Å². The molecule has 2 N–H and O–H groups in total. The van der Waals surface area contributed by atoms with Crippen LogP contribution in [0, 0.1) is 5.92 Å². The predicted molar refractivity (Wildman–Crippen MR) is 96.3 cm³/mol. The van der Waals surface area contributed by atoms with Crippen molar-refractivity contribution in [1.29, 1.82) is 0 Å². The molecule has 1 saturated heterocycles. The minimum atomic E-state index is -0.206. The SMILES string of the molecule is O=C(NCCNC(=O)[C@@H]1CCC(=O)N(C2CCCC2)C1)c1cccnc1. The summed E-state index contributed by atoms with van der Waals surface area (Å²) in [7, 11) is 0. The van der Waals surface area contributed by atoms with Crippen LogP contribution in [-0.2, 0) is 9.59 Å². The Labute approximate surface area is 153 Å². The van der Waals surface area contributed by atoms with Gasteiger partial charge < -0.3 is 15.5 Å². The van der Waals surface area contributed by atoms with E-state index in [1.165, 1.54) is 19.0 Å². The molecule has 1 aliphatic carbocycles. The zero-order chi connectivity index (χ0) is 18.4. The number of hydrogen-bond acceptors (Lipinski definition) is 4. The molecule has 2 heterocycles. The molecule has 0 aromatic carbocycles. The molecule has 1 aliphatic heterocycles. The van der Waals surface area contributed by atoms with E-state index in [1.807, 2.05) is 4.90 Å². The van der Waals surface area contributed by atoms with Crippen molar-refractivity contribution in [2.24, 2.45) is 5.92 Å². The molecule has 140 valence electrons. The molecule has 1 saturated carbocycles. The first kappa shape index (κ1) is 18.4. The van der Waals surface area contributed by atoms with Crippen molar-refractivity contribution in [3.8, 4) is 0 Å². The van der Waals surface area contributed by atoms with Gasteiger partial charge in [0.05, 0.1) is 11.5 Å². The van der Waals surface area contributed by atoms with E-state index in [2.05, 4.69) is 15.6 Å². The van der Waals surface area contributed by atoms with Crippen molar-refractivity contribution < 1.29 is 14.4 Å². The summed E-state index contributed by atoms with van der Waals surface area (Å²) in [4.78, 5) is 42.3. The summed E-state index contributed by atoms with van der Waals surface area (Å²) < 4.78 is 0. The smallest absolute Gasteiger partial charge is 0.252 e. The van der Waals surface area contributed by atoms with Crippen LogP contribution < -0.4 is 10.6 Å². The zero-order valence-electron chi connectivity index (χ0n) is 14.9. The van der Waals surface area contributed by atoms with E-state index < -0.39 is 0 Å². The van der Waals surface area contributed by atoms with Gasteiger partial charge in [-0.05, 0) is 31.4 Å². The average molecular weight is 358 g/mol. The van der Waals surface area contributed by atoms with Gasteiger partial charge in [-0.25, -0.2) is 0 Å². The van der Waals surface area contributed by atoms with Crippen molar-refractivity contribution in [2.75, 3.05) is 19.6 Å². The number of likely N-dealkylation sites (tertiary alicyclic amines) is 1. The van der Waals surface area contributed by atoms with Gasteiger partial charge >= 0.3 is 0 Å². The summed E-state index contributed by atoms with van der Waals surface area (Å²) in [6.45, 7) is 1.26. The summed E-state index contributed by atoms with van der Waals surface area (Å²) in [5, 5.41) is 5.64. The molecule has 0 radical (unpaired) electrons. The summed E-state index contributed by atoms with van der Waals surface area (Å²) >= 11 is 0. The Balaban J connectivity index is 1.40. The van der Waals surface area contributed by atoms with E-state index in [1.54, 1.807) is 18.3 Å². The molecule has 1 atom stereocenters. The lowest BCUT2D eigenvalue weighted by atomic mass is 9.95. The van der Waals surface area contributed by atoms with Crippen LogP contribution in [0.15, 0.2) is 24.5 Å². The molecule has 2 aliphatic rings. The van der Waals surface area contributed by atoms with E-state index in [-0.39, 0.29) is 23.6 Å². The second kappa shape index (κ2) is 8.78. The van der Waals surface area contributed by atoms with Crippen LogP contribution in [0.25, 0.3) is 0 Å². The fourth-order valence-corrected chi connectivity index (χ4v) is 3.76. The van der Waals surface area contributed by atoms with E-state index in [0.717, 1.165) is 12.8 Å². The van der Waals surface area contributed by atoms with Crippen LogP contribution in [0.3, 0.4) is 0 Å². The highest BCUT2D eigenvalue weighted by Crippen LogP contribution is 2.28. The Morgan fingerprint density at radius 1 is 1.15 bits per heavy atom. The minimum absolute atomic E-state index is 0.0314. The molecular weight excluding hydrogens is 332 g/mol. The molecule has 7 nitrogen and oxygen atoms in total. The molecule has 3 amide bonds. The van der Waals surface area contributed by atoms with Gasteiger partial charge in [0.1, 0.15) is 0 Å². The monoisotopic (exact) mass is 358 g/mol. The summed E-state index contributed by atoms with van der Waals surface area (Å²) in [6, 6.07) is 3.71. The number of carbonyl (C=O) groups is 3. The van der Waals surface area contributed by atoms with Crippen molar-refractivity contribution in [2.45, 2.75) is 44.6 Å². The topological polar surface area (TPSA) is 91.4 Å². The van der Waals surface area contributed by atoms with Gasteiger partial charge in [-0.2, -0.15) is 0 Å². The van der Waals surface area contributed by atoms with E-state index >= 15 is 0 Å². The highest BCUT2D eigenvalue weighted by molar-refractivity contribution is 5.93. The minimum Gasteiger partial charge on any atom is -0.354 e. The summed E-state index contributed by atoms with van der Waals surface area (Å²) in [6.07, 6.45) is 8.62. The third-order valence-corrected chi connectivity index (χ3v) is 5.21. The molecule has 0 bridgehead atoms. The fourth-order valence-electron chi connectivity index (χ4n) is 3.76. The predicted octanol–water partition coefficient (Wildman–Crippen LogP) is 1.11. The van der Waals surface area contributed by atoms with Gasteiger partial charge in [-0.15, -0.1) is 0 Å². The largest absolute Gasteiger partial charge is 0.354 e. The normalized spacial score (nSPS) is 20.8. The first-order valence-corrected chi connectivity index (χ1v) is 9.40. The van der Waals surface area contributed by atoms with Crippen molar-refractivity contribution >= 4 is 17.7 Å². The zero-order valence-corrected chi connectivity index (χ0v) is 14.9. The molecule has 2 fully saturated rings. The lowest BCUT2D eigenvalue weighted by Gasteiger charge is -2.36. The Hall–Kier alpha value is -2.44. The number of amides is 3. The molecular formula is C19H26N4O3. The quantitative estimate of drug-likeness (QED) is 0.745.